The standard InChI is InChI=1S/C14H23N3O/c1-3-5-11-17(12-6-4-2)14(18)8-7-13-15-9-10-16-13/h7-10H,3-6,11-12H2,1-2H3,(H,15,16). The quantitative estimate of drug-likeness (QED) is 0.720. The third-order valence-electron chi connectivity index (χ3n) is 2.78. The highest BCUT2D eigenvalue weighted by Gasteiger charge is 2.08. The molecule has 0 radical (unpaired) electrons. The third-order valence-corrected chi connectivity index (χ3v) is 2.78. The Morgan fingerprint density at radius 3 is 2.50 bits per heavy atom. The van der Waals surface area contributed by atoms with Crippen molar-refractivity contribution in [3.63, 3.8) is 0 Å². The lowest BCUT2D eigenvalue weighted by molar-refractivity contribution is -0.126. The molecule has 0 aliphatic rings. The highest BCUT2D eigenvalue weighted by atomic mass is 16.2. The summed E-state index contributed by atoms with van der Waals surface area (Å²) in [4.78, 5) is 21.0. The van der Waals surface area contributed by atoms with Crippen LogP contribution in [0.3, 0.4) is 0 Å². The van der Waals surface area contributed by atoms with Crippen molar-refractivity contribution in [2.75, 3.05) is 13.1 Å². The monoisotopic (exact) mass is 249 g/mol. The number of nitrogens with zero attached hydrogens (tertiary/aromatic N) is 2. The van der Waals surface area contributed by atoms with E-state index in [0.29, 0.717) is 5.82 Å². The fourth-order valence-corrected chi connectivity index (χ4v) is 1.65. The van der Waals surface area contributed by atoms with Crippen LogP contribution >= 0.6 is 0 Å². The van der Waals surface area contributed by atoms with Gasteiger partial charge in [0.2, 0.25) is 5.91 Å². The van der Waals surface area contributed by atoms with Gasteiger partial charge in [0, 0.05) is 31.6 Å². The van der Waals surface area contributed by atoms with Gasteiger partial charge in [-0.25, -0.2) is 4.98 Å². The van der Waals surface area contributed by atoms with Crippen LogP contribution in [0.5, 0.6) is 0 Å². The number of carbonyl (C=O) groups excluding carboxylic acids is 1. The molecule has 4 heteroatoms. The maximum Gasteiger partial charge on any atom is 0.246 e. The number of amides is 1. The van der Waals surface area contributed by atoms with E-state index in [1.54, 1.807) is 24.5 Å². The average Bonchev–Trinajstić information content (AvgIpc) is 2.89. The van der Waals surface area contributed by atoms with Gasteiger partial charge in [-0.3, -0.25) is 4.79 Å². The van der Waals surface area contributed by atoms with Gasteiger partial charge in [-0.1, -0.05) is 26.7 Å². The first kappa shape index (κ1) is 14.5. The normalized spacial score (nSPS) is 11.0. The van der Waals surface area contributed by atoms with E-state index in [-0.39, 0.29) is 5.91 Å². The molecule has 0 aliphatic carbocycles. The van der Waals surface area contributed by atoms with Gasteiger partial charge in [0.15, 0.2) is 0 Å². The zero-order valence-electron chi connectivity index (χ0n) is 11.4. The van der Waals surface area contributed by atoms with Gasteiger partial charge in [-0.05, 0) is 18.9 Å². The fourth-order valence-electron chi connectivity index (χ4n) is 1.65. The molecule has 100 valence electrons. The van der Waals surface area contributed by atoms with E-state index in [0.717, 1.165) is 38.8 Å². The molecule has 0 spiro atoms. The second-order valence-electron chi connectivity index (χ2n) is 4.34. The van der Waals surface area contributed by atoms with Gasteiger partial charge in [-0.15, -0.1) is 0 Å². The summed E-state index contributed by atoms with van der Waals surface area (Å²) >= 11 is 0. The molecule has 0 saturated heterocycles. The zero-order chi connectivity index (χ0) is 13.2. The Balaban J connectivity index is 2.51. The van der Waals surface area contributed by atoms with Crippen LogP contribution in [0, 0.1) is 0 Å². The Bertz CT molecular complexity index is 349. The Hall–Kier alpha value is -1.58. The van der Waals surface area contributed by atoms with Crippen LogP contribution in [-0.4, -0.2) is 33.9 Å². The molecular weight excluding hydrogens is 226 g/mol. The summed E-state index contributed by atoms with van der Waals surface area (Å²) in [5.41, 5.74) is 0. The molecule has 1 aromatic rings. The average molecular weight is 249 g/mol. The summed E-state index contributed by atoms with van der Waals surface area (Å²) in [6, 6.07) is 0. The molecule has 1 heterocycles. The molecule has 1 amide bonds. The lowest BCUT2D eigenvalue weighted by Gasteiger charge is -2.20. The van der Waals surface area contributed by atoms with E-state index >= 15 is 0 Å². The van der Waals surface area contributed by atoms with E-state index in [9.17, 15) is 4.79 Å². The van der Waals surface area contributed by atoms with Gasteiger partial charge in [0.05, 0.1) is 0 Å². The Morgan fingerprint density at radius 1 is 1.33 bits per heavy atom. The maximum atomic E-state index is 12.0. The van der Waals surface area contributed by atoms with E-state index < -0.39 is 0 Å². The van der Waals surface area contributed by atoms with Crippen molar-refractivity contribution >= 4 is 12.0 Å². The van der Waals surface area contributed by atoms with Crippen molar-refractivity contribution < 1.29 is 4.79 Å². The van der Waals surface area contributed by atoms with Crippen molar-refractivity contribution in [2.24, 2.45) is 0 Å². The van der Waals surface area contributed by atoms with Crippen LogP contribution < -0.4 is 0 Å². The van der Waals surface area contributed by atoms with Crippen molar-refractivity contribution in [1.82, 2.24) is 14.9 Å². The summed E-state index contributed by atoms with van der Waals surface area (Å²) in [5, 5.41) is 0. The summed E-state index contributed by atoms with van der Waals surface area (Å²) in [6.07, 6.45) is 11.1. The number of unbranched alkanes of at least 4 members (excludes halogenated alkanes) is 2. The number of aromatic amines is 1. The topological polar surface area (TPSA) is 49.0 Å². The molecule has 0 unspecified atom stereocenters. The minimum atomic E-state index is 0.0771. The zero-order valence-corrected chi connectivity index (χ0v) is 11.4. The van der Waals surface area contributed by atoms with Crippen molar-refractivity contribution in [3.05, 3.63) is 24.3 Å². The predicted octanol–water partition coefficient (Wildman–Crippen LogP) is 2.85. The van der Waals surface area contributed by atoms with Gasteiger partial charge in [0.25, 0.3) is 0 Å². The SMILES string of the molecule is CCCCN(CCCC)C(=O)C=Cc1ncc[nH]1. The van der Waals surface area contributed by atoms with Crippen LogP contribution in [0.25, 0.3) is 6.08 Å². The molecule has 0 bridgehead atoms. The van der Waals surface area contributed by atoms with E-state index in [1.165, 1.54) is 0 Å². The van der Waals surface area contributed by atoms with E-state index in [4.69, 9.17) is 0 Å². The van der Waals surface area contributed by atoms with Crippen molar-refractivity contribution in [2.45, 2.75) is 39.5 Å². The van der Waals surface area contributed by atoms with Gasteiger partial charge >= 0.3 is 0 Å². The summed E-state index contributed by atoms with van der Waals surface area (Å²) in [7, 11) is 0. The highest BCUT2D eigenvalue weighted by molar-refractivity contribution is 5.91. The number of imidazole rings is 1. The number of hydrogen-bond donors (Lipinski definition) is 1. The second kappa shape index (κ2) is 8.50. The second-order valence-corrected chi connectivity index (χ2v) is 4.34. The molecule has 0 fully saturated rings. The van der Waals surface area contributed by atoms with Gasteiger partial charge < -0.3 is 9.88 Å². The van der Waals surface area contributed by atoms with Crippen molar-refractivity contribution in [1.29, 1.82) is 0 Å². The predicted molar refractivity (Wildman–Crippen MR) is 74.0 cm³/mol. The molecule has 0 atom stereocenters. The van der Waals surface area contributed by atoms with Gasteiger partial charge in [-0.2, -0.15) is 0 Å². The molecule has 1 N–H and O–H groups in total. The van der Waals surface area contributed by atoms with Crippen LogP contribution in [-0.2, 0) is 4.79 Å². The molecule has 1 rings (SSSR count). The molecule has 0 aliphatic heterocycles. The summed E-state index contributed by atoms with van der Waals surface area (Å²) < 4.78 is 0. The first-order chi connectivity index (χ1) is 8.77. The van der Waals surface area contributed by atoms with E-state index in [1.807, 2.05) is 4.90 Å². The van der Waals surface area contributed by atoms with E-state index in [2.05, 4.69) is 23.8 Å². The number of aromatic nitrogens is 2. The molecule has 4 nitrogen and oxygen atoms in total. The molecule has 18 heavy (non-hydrogen) atoms. The minimum absolute atomic E-state index is 0.0771. The summed E-state index contributed by atoms with van der Waals surface area (Å²) in [5.74, 6) is 0.794. The molecular formula is C14H23N3O. The third kappa shape index (κ3) is 5.17. The minimum Gasteiger partial charge on any atom is -0.345 e. The number of nitrogens with one attached hydrogen (secondary N) is 1. The number of carbonyl (C=O) groups is 1. The lowest BCUT2D eigenvalue weighted by Crippen LogP contribution is -2.31. The van der Waals surface area contributed by atoms with Crippen LogP contribution in [0.1, 0.15) is 45.4 Å². The number of hydrogen-bond acceptors (Lipinski definition) is 2. The van der Waals surface area contributed by atoms with Crippen LogP contribution in [0.4, 0.5) is 0 Å². The Labute approximate surface area is 109 Å². The van der Waals surface area contributed by atoms with Crippen LogP contribution in [0.15, 0.2) is 18.5 Å². The fraction of sp³-hybridized carbons (Fsp3) is 0.571. The highest BCUT2D eigenvalue weighted by Crippen LogP contribution is 2.02. The Kier molecular flexibility index (Phi) is 6.84. The molecule has 0 saturated carbocycles. The largest absolute Gasteiger partial charge is 0.345 e. The molecule has 0 aromatic carbocycles. The maximum absolute atomic E-state index is 12.0. The smallest absolute Gasteiger partial charge is 0.246 e. The Morgan fingerprint density at radius 2 is 2.00 bits per heavy atom. The van der Waals surface area contributed by atoms with Crippen LogP contribution in [0.2, 0.25) is 0 Å². The van der Waals surface area contributed by atoms with Gasteiger partial charge in [0.1, 0.15) is 5.82 Å². The molecule has 1 aromatic heterocycles. The number of H-pyrrole nitrogens is 1. The summed E-state index contributed by atoms with van der Waals surface area (Å²) in [6.45, 7) is 5.97. The first-order valence-corrected chi connectivity index (χ1v) is 6.74. The lowest BCUT2D eigenvalue weighted by atomic mass is 10.2. The first-order valence-electron chi connectivity index (χ1n) is 6.74. The van der Waals surface area contributed by atoms with Crippen molar-refractivity contribution in [3.8, 4) is 0 Å². The number of rotatable bonds is 8.